The van der Waals surface area contributed by atoms with Crippen LogP contribution in [-0.2, 0) is 19.6 Å². The first-order valence-corrected chi connectivity index (χ1v) is 13.2. The Bertz CT molecular complexity index is 800. The number of hydrogen-bond acceptors (Lipinski definition) is 4. The van der Waals surface area contributed by atoms with Crippen LogP contribution in [0.25, 0.3) is 0 Å². The number of methoxy groups -OCH3 is 1. The van der Waals surface area contributed by atoms with Gasteiger partial charge in [-0.05, 0) is 31.9 Å². The number of rotatable bonds is 3. The molecule has 7 heteroatoms. The maximum atomic E-state index is 13.2. The Kier molecular flexibility index (Phi) is 5.77. The number of esters is 1. The Morgan fingerprint density at radius 2 is 1.80 bits per heavy atom. The number of carbonyl (C=O) groups excluding carboxylic acids is 1. The summed E-state index contributed by atoms with van der Waals surface area (Å²) in [6.07, 6.45) is 0.950. The molecule has 0 spiro atoms. The van der Waals surface area contributed by atoms with Crippen LogP contribution in [-0.4, -0.2) is 46.0 Å². The molecule has 1 fully saturated rings. The standard InChI is InChI=1S/C18H25NO4SSi/c1-14-6-9-16(10-7-14)24(21,22)19-15(12-13-25(3,4)5)8-11-17(19)18(20)23-2/h6-7,9-10,15,17H,8,11H2,1-5H3/t15-,17+/m1/s1. The molecule has 2 atom stereocenters. The Labute approximate surface area is 151 Å². The van der Waals surface area contributed by atoms with Gasteiger partial charge in [0.25, 0.3) is 0 Å². The number of ether oxygens (including phenoxy) is 1. The van der Waals surface area contributed by atoms with Crippen molar-refractivity contribution in [1.82, 2.24) is 4.31 Å². The molecule has 0 radical (unpaired) electrons. The van der Waals surface area contributed by atoms with Gasteiger partial charge in [-0.25, -0.2) is 8.42 Å². The van der Waals surface area contributed by atoms with Gasteiger partial charge in [-0.1, -0.05) is 43.3 Å². The highest BCUT2D eigenvalue weighted by molar-refractivity contribution is 7.89. The summed E-state index contributed by atoms with van der Waals surface area (Å²) >= 11 is 0. The van der Waals surface area contributed by atoms with Crippen LogP contribution < -0.4 is 0 Å². The lowest BCUT2D eigenvalue weighted by Crippen LogP contribution is -2.45. The number of carbonyl (C=O) groups is 1. The zero-order valence-electron chi connectivity index (χ0n) is 15.4. The lowest BCUT2D eigenvalue weighted by atomic mass is 10.2. The minimum Gasteiger partial charge on any atom is -0.468 e. The first-order valence-electron chi connectivity index (χ1n) is 8.27. The summed E-state index contributed by atoms with van der Waals surface area (Å²) in [6.45, 7) is 8.20. The molecule has 0 bridgehead atoms. The number of benzene rings is 1. The minimum absolute atomic E-state index is 0.175. The maximum Gasteiger partial charge on any atom is 0.324 e. The van der Waals surface area contributed by atoms with Crippen molar-refractivity contribution in [1.29, 1.82) is 0 Å². The molecule has 0 aromatic heterocycles. The van der Waals surface area contributed by atoms with Crippen molar-refractivity contribution in [2.45, 2.75) is 56.4 Å². The van der Waals surface area contributed by atoms with Crippen molar-refractivity contribution in [3.63, 3.8) is 0 Å². The van der Waals surface area contributed by atoms with E-state index in [0.29, 0.717) is 12.8 Å². The molecule has 5 nitrogen and oxygen atoms in total. The van der Waals surface area contributed by atoms with E-state index < -0.39 is 36.2 Å². The van der Waals surface area contributed by atoms with E-state index in [0.717, 1.165) is 5.56 Å². The molecule has 25 heavy (non-hydrogen) atoms. The van der Waals surface area contributed by atoms with Gasteiger partial charge in [0.2, 0.25) is 10.0 Å². The highest BCUT2D eigenvalue weighted by Crippen LogP contribution is 2.31. The van der Waals surface area contributed by atoms with E-state index in [2.05, 4.69) is 31.1 Å². The molecule has 1 aromatic carbocycles. The minimum atomic E-state index is -3.83. The largest absolute Gasteiger partial charge is 0.468 e. The molecule has 0 saturated carbocycles. The lowest BCUT2D eigenvalue weighted by Gasteiger charge is -2.25. The number of aryl methyl sites for hydroxylation is 1. The third-order valence-corrected chi connectivity index (χ3v) is 6.84. The summed E-state index contributed by atoms with van der Waals surface area (Å²) in [6, 6.07) is 5.32. The van der Waals surface area contributed by atoms with Gasteiger partial charge >= 0.3 is 5.97 Å². The lowest BCUT2D eigenvalue weighted by molar-refractivity contribution is -0.144. The van der Waals surface area contributed by atoms with Crippen LogP contribution in [0.15, 0.2) is 29.2 Å². The van der Waals surface area contributed by atoms with Gasteiger partial charge in [0.1, 0.15) is 14.1 Å². The molecule has 0 N–H and O–H groups in total. The second kappa shape index (κ2) is 7.32. The fourth-order valence-electron chi connectivity index (χ4n) is 2.75. The number of hydrogen-bond donors (Lipinski definition) is 0. The van der Waals surface area contributed by atoms with Crippen molar-refractivity contribution in [3.05, 3.63) is 29.8 Å². The average molecular weight is 380 g/mol. The van der Waals surface area contributed by atoms with Crippen LogP contribution in [0.2, 0.25) is 19.6 Å². The molecule has 2 rings (SSSR count). The molecular weight excluding hydrogens is 354 g/mol. The van der Waals surface area contributed by atoms with Crippen LogP contribution in [0.4, 0.5) is 0 Å². The Morgan fingerprint density at radius 1 is 1.20 bits per heavy atom. The first-order chi connectivity index (χ1) is 11.6. The van der Waals surface area contributed by atoms with E-state index >= 15 is 0 Å². The summed E-state index contributed by atoms with van der Waals surface area (Å²) in [4.78, 5) is 12.3. The quantitative estimate of drug-likeness (QED) is 0.460. The zero-order valence-corrected chi connectivity index (χ0v) is 17.2. The van der Waals surface area contributed by atoms with E-state index in [4.69, 9.17) is 4.74 Å². The SMILES string of the molecule is COC(=O)[C@@H]1CC[C@H](C#C[Si](C)(C)C)N1S(=O)(=O)c1ccc(C)cc1. The molecule has 1 aliphatic heterocycles. The summed E-state index contributed by atoms with van der Waals surface area (Å²) in [5.41, 5.74) is 4.21. The van der Waals surface area contributed by atoms with Crippen LogP contribution in [0.1, 0.15) is 18.4 Å². The predicted molar refractivity (Wildman–Crippen MR) is 100 cm³/mol. The van der Waals surface area contributed by atoms with Crippen LogP contribution >= 0.6 is 0 Å². The van der Waals surface area contributed by atoms with Crippen molar-refractivity contribution in [2.24, 2.45) is 0 Å². The molecule has 1 aromatic rings. The van der Waals surface area contributed by atoms with E-state index in [-0.39, 0.29) is 4.90 Å². The summed E-state index contributed by atoms with van der Waals surface area (Å²) in [5.74, 6) is 2.58. The number of sulfonamides is 1. The highest BCUT2D eigenvalue weighted by Gasteiger charge is 2.45. The monoisotopic (exact) mass is 379 g/mol. The van der Waals surface area contributed by atoms with Crippen molar-refractivity contribution in [3.8, 4) is 11.5 Å². The second-order valence-electron chi connectivity index (χ2n) is 7.30. The summed E-state index contributed by atoms with van der Waals surface area (Å²) in [5, 5.41) is 0. The van der Waals surface area contributed by atoms with E-state index in [1.165, 1.54) is 11.4 Å². The van der Waals surface area contributed by atoms with Gasteiger partial charge in [0.05, 0.1) is 18.0 Å². The Hall–Kier alpha value is -1.62. The zero-order chi connectivity index (χ0) is 18.8. The molecule has 136 valence electrons. The van der Waals surface area contributed by atoms with E-state index in [1.807, 2.05) is 6.92 Å². The number of nitrogens with zero attached hydrogens (tertiary/aromatic N) is 1. The summed E-state index contributed by atoms with van der Waals surface area (Å²) < 4.78 is 32.4. The van der Waals surface area contributed by atoms with Crippen molar-refractivity contribution >= 4 is 24.1 Å². The van der Waals surface area contributed by atoms with Crippen LogP contribution in [0.5, 0.6) is 0 Å². The molecule has 0 amide bonds. The predicted octanol–water partition coefficient (Wildman–Crippen LogP) is 2.57. The average Bonchev–Trinajstić information content (AvgIpc) is 2.96. The molecular formula is C18H25NO4SSi. The normalized spacial score (nSPS) is 21.5. The third kappa shape index (κ3) is 4.51. The fourth-order valence-corrected chi connectivity index (χ4v) is 5.09. The van der Waals surface area contributed by atoms with Gasteiger partial charge in [0.15, 0.2) is 0 Å². The van der Waals surface area contributed by atoms with E-state index in [9.17, 15) is 13.2 Å². The highest BCUT2D eigenvalue weighted by atomic mass is 32.2. The van der Waals surface area contributed by atoms with Crippen molar-refractivity contribution in [2.75, 3.05) is 7.11 Å². The smallest absolute Gasteiger partial charge is 0.324 e. The van der Waals surface area contributed by atoms with Crippen molar-refractivity contribution < 1.29 is 17.9 Å². The summed E-state index contributed by atoms with van der Waals surface area (Å²) in [7, 11) is -4.21. The Balaban J connectivity index is 2.48. The second-order valence-corrected chi connectivity index (χ2v) is 13.9. The van der Waals surface area contributed by atoms with Gasteiger partial charge in [-0.15, -0.1) is 5.54 Å². The Morgan fingerprint density at radius 3 is 2.32 bits per heavy atom. The molecule has 1 aliphatic rings. The third-order valence-electron chi connectivity index (χ3n) is 4.01. The van der Waals surface area contributed by atoms with Gasteiger partial charge < -0.3 is 4.74 Å². The van der Waals surface area contributed by atoms with Crippen LogP contribution in [0.3, 0.4) is 0 Å². The topological polar surface area (TPSA) is 63.7 Å². The fraction of sp³-hybridized carbons (Fsp3) is 0.500. The van der Waals surface area contributed by atoms with Gasteiger partial charge in [-0.3, -0.25) is 4.79 Å². The van der Waals surface area contributed by atoms with Gasteiger partial charge in [0, 0.05) is 0 Å². The van der Waals surface area contributed by atoms with E-state index in [1.54, 1.807) is 24.3 Å². The molecule has 0 aliphatic carbocycles. The van der Waals surface area contributed by atoms with Crippen LogP contribution in [0, 0.1) is 18.4 Å². The first kappa shape index (κ1) is 19.7. The maximum absolute atomic E-state index is 13.2. The molecule has 1 saturated heterocycles. The van der Waals surface area contributed by atoms with Gasteiger partial charge in [-0.2, -0.15) is 4.31 Å². The molecule has 1 heterocycles. The molecule has 0 unspecified atom stereocenters.